The van der Waals surface area contributed by atoms with Crippen LogP contribution in [0.15, 0.2) is 42.9 Å². The van der Waals surface area contributed by atoms with Gasteiger partial charge in [-0.15, -0.1) is 0 Å². The van der Waals surface area contributed by atoms with E-state index in [0.717, 1.165) is 11.3 Å². The van der Waals surface area contributed by atoms with Crippen molar-refractivity contribution in [3.63, 3.8) is 0 Å². The van der Waals surface area contributed by atoms with Crippen molar-refractivity contribution in [3.05, 3.63) is 54.4 Å². The van der Waals surface area contributed by atoms with Crippen LogP contribution in [0.1, 0.15) is 16.3 Å². The molecule has 0 bridgehead atoms. The number of ether oxygens (including phenoxy) is 1. The van der Waals surface area contributed by atoms with Gasteiger partial charge in [-0.05, 0) is 25.1 Å². The number of imidazole rings is 1. The average molecular weight is 270 g/mol. The molecule has 0 fully saturated rings. The Hall–Kier alpha value is -2.63. The van der Waals surface area contributed by atoms with E-state index in [-0.39, 0.29) is 6.61 Å². The van der Waals surface area contributed by atoms with Gasteiger partial charge in [0.15, 0.2) is 5.69 Å². The number of aryl methyl sites for hydroxylation is 1. The molecule has 0 saturated heterocycles. The van der Waals surface area contributed by atoms with E-state index in [1.54, 1.807) is 10.9 Å². The van der Waals surface area contributed by atoms with Crippen LogP contribution in [-0.4, -0.2) is 31.7 Å². The molecule has 0 aliphatic heterocycles. The standard InChI is InChI=1S/C14H14N4O2/c1-11-16-13(12-5-2-3-8-18(11)12)14(19)20-10-9-17-7-4-6-15-17/h2-8H,9-10H2,1H3. The van der Waals surface area contributed by atoms with Gasteiger partial charge in [0, 0.05) is 18.6 Å². The Kier molecular flexibility index (Phi) is 3.20. The summed E-state index contributed by atoms with van der Waals surface area (Å²) in [4.78, 5) is 16.3. The van der Waals surface area contributed by atoms with Crippen LogP contribution in [0.3, 0.4) is 0 Å². The average Bonchev–Trinajstić information content (AvgIpc) is 3.08. The Morgan fingerprint density at radius 1 is 1.30 bits per heavy atom. The molecule has 3 rings (SSSR count). The van der Waals surface area contributed by atoms with Crippen molar-refractivity contribution in [2.45, 2.75) is 13.5 Å². The number of rotatable bonds is 4. The number of nitrogens with zero attached hydrogens (tertiary/aromatic N) is 4. The predicted octanol–water partition coefficient (Wildman–Crippen LogP) is 1.70. The van der Waals surface area contributed by atoms with Crippen molar-refractivity contribution in [1.82, 2.24) is 19.2 Å². The zero-order valence-corrected chi connectivity index (χ0v) is 11.1. The lowest BCUT2D eigenvalue weighted by atomic mass is 10.3. The number of pyridine rings is 1. The largest absolute Gasteiger partial charge is 0.459 e. The van der Waals surface area contributed by atoms with E-state index in [2.05, 4.69) is 10.1 Å². The summed E-state index contributed by atoms with van der Waals surface area (Å²) in [5, 5.41) is 4.05. The molecule has 3 aromatic heterocycles. The monoisotopic (exact) mass is 270 g/mol. The van der Waals surface area contributed by atoms with Gasteiger partial charge in [-0.25, -0.2) is 9.78 Å². The highest BCUT2D eigenvalue weighted by atomic mass is 16.5. The number of aromatic nitrogens is 4. The smallest absolute Gasteiger partial charge is 0.359 e. The van der Waals surface area contributed by atoms with Crippen LogP contribution >= 0.6 is 0 Å². The Bertz CT molecular complexity index is 731. The Labute approximate surface area is 115 Å². The lowest BCUT2D eigenvalue weighted by Gasteiger charge is -2.03. The summed E-state index contributed by atoms with van der Waals surface area (Å²) in [6, 6.07) is 7.45. The molecular weight excluding hydrogens is 256 g/mol. The van der Waals surface area contributed by atoms with E-state index in [1.807, 2.05) is 48.0 Å². The minimum absolute atomic E-state index is 0.269. The predicted molar refractivity (Wildman–Crippen MR) is 72.4 cm³/mol. The maximum atomic E-state index is 12.1. The van der Waals surface area contributed by atoms with E-state index in [9.17, 15) is 4.79 Å². The summed E-state index contributed by atoms with van der Waals surface area (Å²) >= 11 is 0. The third-order valence-electron chi connectivity index (χ3n) is 3.03. The van der Waals surface area contributed by atoms with Crippen molar-refractivity contribution in [2.75, 3.05) is 6.61 Å². The summed E-state index contributed by atoms with van der Waals surface area (Å²) in [5.74, 6) is 0.355. The van der Waals surface area contributed by atoms with Crippen LogP contribution in [-0.2, 0) is 11.3 Å². The summed E-state index contributed by atoms with van der Waals surface area (Å²) in [6.45, 7) is 2.66. The van der Waals surface area contributed by atoms with Crippen LogP contribution in [0.25, 0.3) is 5.52 Å². The quantitative estimate of drug-likeness (QED) is 0.677. The molecule has 102 valence electrons. The summed E-state index contributed by atoms with van der Waals surface area (Å²) < 4.78 is 8.82. The molecule has 0 aliphatic rings. The minimum Gasteiger partial charge on any atom is -0.459 e. The summed E-state index contributed by atoms with van der Waals surface area (Å²) in [7, 11) is 0. The second-order valence-electron chi connectivity index (χ2n) is 4.37. The fourth-order valence-electron chi connectivity index (χ4n) is 2.07. The Morgan fingerprint density at radius 3 is 3.00 bits per heavy atom. The number of hydrogen-bond donors (Lipinski definition) is 0. The molecule has 0 aliphatic carbocycles. The first-order valence-electron chi connectivity index (χ1n) is 6.34. The SMILES string of the molecule is Cc1nc(C(=O)OCCn2cccn2)c2ccccn12. The van der Waals surface area contributed by atoms with Gasteiger partial charge >= 0.3 is 5.97 Å². The number of esters is 1. The summed E-state index contributed by atoms with van der Waals surface area (Å²) in [5.41, 5.74) is 1.11. The molecule has 0 atom stereocenters. The molecule has 0 unspecified atom stereocenters. The number of carbonyl (C=O) groups excluding carboxylic acids is 1. The zero-order valence-electron chi connectivity index (χ0n) is 11.1. The fourth-order valence-corrected chi connectivity index (χ4v) is 2.07. The molecule has 0 amide bonds. The molecular formula is C14H14N4O2. The van der Waals surface area contributed by atoms with Crippen molar-refractivity contribution in [1.29, 1.82) is 0 Å². The molecule has 0 aromatic carbocycles. The summed E-state index contributed by atoms with van der Waals surface area (Å²) in [6.07, 6.45) is 5.39. The van der Waals surface area contributed by atoms with Gasteiger partial charge in [0.05, 0.1) is 12.1 Å². The van der Waals surface area contributed by atoms with Crippen LogP contribution < -0.4 is 0 Å². The van der Waals surface area contributed by atoms with E-state index >= 15 is 0 Å². The number of carbonyl (C=O) groups is 1. The van der Waals surface area contributed by atoms with E-state index in [1.165, 1.54) is 0 Å². The van der Waals surface area contributed by atoms with Crippen LogP contribution in [0.4, 0.5) is 0 Å². The van der Waals surface area contributed by atoms with Gasteiger partial charge in [-0.3, -0.25) is 4.68 Å². The highest BCUT2D eigenvalue weighted by molar-refractivity contribution is 5.95. The topological polar surface area (TPSA) is 61.4 Å². The van der Waals surface area contributed by atoms with Crippen molar-refractivity contribution in [3.8, 4) is 0 Å². The van der Waals surface area contributed by atoms with Crippen LogP contribution in [0.2, 0.25) is 0 Å². The fraction of sp³-hybridized carbons (Fsp3) is 0.214. The van der Waals surface area contributed by atoms with Gasteiger partial charge in [0.25, 0.3) is 0 Å². The van der Waals surface area contributed by atoms with Gasteiger partial charge < -0.3 is 9.14 Å². The molecule has 3 aromatic rings. The third-order valence-corrected chi connectivity index (χ3v) is 3.03. The van der Waals surface area contributed by atoms with E-state index in [0.29, 0.717) is 12.2 Å². The van der Waals surface area contributed by atoms with Crippen molar-refractivity contribution in [2.24, 2.45) is 0 Å². The first-order valence-corrected chi connectivity index (χ1v) is 6.34. The minimum atomic E-state index is -0.408. The number of hydrogen-bond acceptors (Lipinski definition) is 4. The zero-order chi connectivity index (χ0) is 13.9. The highest BCUT2D eigenvalue weighted by Crippen LogP contribution is 2.13. The molecule has 0 radical (unpaired) electrons. The molecule has 20 heavy (non-hydrogen) atoms. The first kappa shape index (κ1) is 12.4. The second-order valence-corrected chi connectivity index (χ2v) is 4.37. The molecule has 0 spiro atoms. The third kappa shape index (κ3) is 2.27. The normalized spacial score (nSPS) is 10.8. The highest BCUT2D eigenvalue weighted by Gasteiger charge is 2.16. The lowest BCUT2D eigenvalue weighted by molar-refractivity contribution is 0.0483. The van der Waals surface area contributed by atoms with Gasteiger partial charge in [-0.1, -0.05) is 6.07 Å². The van der Waals surface area contributed by atoms with Crippen molar-refractivity contribution >= 4 is 11.5 Å². The van der Waals surface area contributed by atoms with Gasteiger partial charge in [0.1, 0.15) is 12.4 Å². The maximum absolute atomic E-state index is 12.1. The Morgan fingerprint density at radius 2 is 2.20 bits per heavy atom. The molecule has 0 saturated carbocycles. The van der Waals surface area contributed by atoms with Crippen LogP contribution in [0, 0.1) is 6.92 Å². The number of fused-ring (bicyclic) bond motifs is 1. The van der Waals surface area contributed by atoms with Crippen molar-refractivity contribution < 1.29 is 9.53 Å². The molecule has 6 heteroatoms. The first-order chi connectivity index (χ1) is 9.75. The van der Waals surface area contributed by atoms with E-state index < -0.39 is 5.97 Å². The second kappa shape index (κ2) is 5.16. The van der Waals surface area contributed by atoms with Crippen LogP contribution in [0.5, 0.6) is 0 Å². The Balaban J connectivity index is 1.72. The lowest BCUT2D eigenvalue weighted by Crippen LogP contribution is -2.12. The van der Waals surface area contributed by atoms with Gasteiger partial charge in [-0.2, -0.15) is 5.10 Å². The van der Waals surface area contributed by atoms with Gasteiger partial charge in [0.2, 0.25) is 0 Å². The molecule has 6 nitrogen and oxygen atoms in total. The molecule has 0 N–H and O–H groups in total. The maximum Gasteiger partial charge on any atom is 0.359 e. The van der Waals surface area contributed by atoms with E-state index in [4.69, 9.17) is 4.74 Å². The molecule has 3 heterocycles.